The Labute approximate surface area is 211 Å². The van der Waals surface area contributed by atoms with Crippen LogP contribution in [0.25, 0.3) is 10.9 Å². The zero-order chi connectivity index (χ0) is 25.8. The Morgan fingerprint density at radius 3 is 2.51 bits per heavy atom. The number of fused-ring (bicyclic) bond motifs is 2. The minimum Gasteiger partial charge on any atom is -0.369 e. The van der Waals surface area contributed by atoms with Crippen molar-refractivity contribution in [3.05, 3.63) is 60.4 Å². The van der Waals surface area contributed by atoms with Crippen LogP contribution in [0.1, 0.15) is 24.8 Å². The average molecular weight is 507 g/mol. The van der Waals surface area contributed by atoms with Crippen LogP contribution < -0.4 is 15.1 Å². The van der Waals surface area contributed by atoms with Crippen molar-refractivity contribution >= 4 is 28.3 Å². The molecule has 1 aromatic carbocycles. The van der Waals surface area contributed by atoms with Gasteiger partial charge in [-0.05, 0) is 55.7 Å². The summed E-state index contributed by atoms with van der Waals surface area (Å²) < 4.78 is 43.4. The molecule has 2 saturated heterocycles. The van der Waals surface area contributed by atoms with Gasteiger partial charge < -0.3 is 15.1 Å². The molecule has 0 radical (unpaired) electrons. The monoisotopic (exact) mass is 506 g/mol. The highest BCUT2D eigenvalue weighted by atomic mass is 19.4. The molecule has 1 amide bonds. The van der Waals surface area contributed by atoms with Gasteiger partial charge in [0, 0.05) is 55.7 Å². The summed E-state index contributed by atoms with van der Waals surface area (Å²) in [5, 5.41) is 13.0. The lowest BCUT2D eigenvalue weighted by Crippen LogP contribution is -2.49. The number of carbonyl (C=O) groups is 1. The quantitative estimate of drug-likeness (QED) is 0.575. The maximum Gasteiger partial charge on any atom is 0.397 e. The van der Waals surface area contributed by atoms with E-state index in [2.05, 4.69) is 26.3 Å². The van der Waals surface area contributed by atoms with Crippen LogP contribution in [0.15, 0.2) is 54.9 Å². The molecule has 6 rings (SSSR count). The Hall–Kier alpha value is -3.87. The summed E-state index contributed by atoms with van der Waals surface area (Å²) in [6, 6.07) is 14.3. The number of amides is 1. The molecule has 190 valence electrons. The standard InChI is InChI=1S/C27H25F3N6O/c28-27(29,30)26-15-25(26,24(37)34-19-8-12-35(13-9-19)22-5-1-2-10-32-22)16-36(17-26)21-7-6-18(14-31)23-20(21)4-3-11-33-23/h1-7,10-11,19H,8-9,12-13,15-17H2,(H,34,37)/t25-,26-/m0/s1. The van der Waals surface area contributed by atoms with Crippen LogP contribution in [0.3, 0.4) is 0 Å². The maximum atomic E-state index is 14.5. The van der Waals surface area contributed by atoms with Crippen LogP contribution >= 0.6 is 0 Å². The van der Waals surface area contributed by atoms with E-state index in [0.717, 1.165) is 5.82 Å². The van der Waals surface area contributed by atoms with Crippen molar-refractivity contribution in [1.82, 2.24) is 15.3 Å². The summed E-state index contributed by atoms with van der Waals surface area (Å²) in [7, 11) is 0. The van der Waals surface area contributed by atoms with Gasteiger partial charge in [0.1, 0.15) is 17.3 Å². The van der Waals surface area contributed by atoms with E-state index < -0.39 is 22.9 Å². The van der Waals surface area contributed by atoms with Gasteiger partial charge in [-0.1, -0.05) is 6.07 Å². The summed E-state index contributed by atoms with van der Waals surface area (Å²) in [4.78, 5) is 25.9. The normalized spacial score (nSPS) is 25.6. The first-order chi connectivity index (χ1) is 17.8. The second-order valence-electron chi connectivity index (χ2n) is 10.3. The molecule has 0 bridgehead atoms. The van der Waals surface area contributed by atoms with Gasteiger partial charge in [-0.15, -0.1) is 0 Å². The zero-order valence-electron chi connectivity index (χ0n) is 20.0. The predicted molar refractivity (Wildman–Crippen MR) is 132 cm³/mol. The van der Waals surface area contributed by atoms with E-state index in [4.69, 9.17) is 0 Å². The number of pyridine rings is 2. The topological polar surface area (TPSA) is 85.2 Å². The fraction of sp³-hybridized carbons (Fsp3) is 0.407. The van der Waals surface area contributed by atoms with Crippen LogP contribution in [-0.4, -0.2) is 54.3 Å². The van der Waals surface area contributed by atoms with E-state index in [1.807, 2.05) is 18.2 Å². The van der Waals surface area contributed by atoms with Crippen LogP contribution in [0, 0.1) is 22.2 Å². The van der Waals surface area contributed by atoms with Crippen molar-refractivity contribution in [1.29, 1.82) is 5.26 Å². The summed E-state index contributed by atoms with van der Waals surface area (Å²) in [6.07, 6.45) is -0.141. The summed E-state index contributed by atoms with van der Waals surface area (Å²) in [5.41, 5.74) is -2.23. The number of aromatic nitrogens is 2. The highest BCUT2D eigenvalue weighted by molar-refractivity contribution is 5.97. The molecule has 1 N–H and O–H groups in total. The van der Waals surface area contributed by atoms with E-state index >= 15 is 0 Å². The largest absolute Gasteiger partial charge is 0.397 e. The molecular weight excluding hydrogens is 481 g/mol. The van der Waals surface area contributed by atoms with Gasteiger partial charge in [-0.2, -0.15) is 18.4 Å². The number of halogens is 3. The molecule has 3 aliphatic rings. The number of hydrogen-bond donors (Lipinski definition) is 1. The van der Waals surface area contributed by atoms with Crippen molar-refractivity contribution in [2.24, 2.45) is 10.8 Å². The molecule has 2 atom stereocenters. The number of anilines is 2. The van der Waals surface area contributed by atoms with Gasteiger partial charge in [0.25, 0.3) is 0 Å². The van der Waals surface area contributed by atoms with E-state index in [1.165, 1.54) is 0 Å². The molecule has 10 heteroatoms. The molecule has 2 aliphatic heterocycles. The number of alkyl halides is 3. The van der Waals surface area contributed by atoms with Crippen LogP contribution in [0.2, 0.25) is 0 Å². The third-order valence-corrected chi connectivity index (χ3v) is 8.30. The third-order valence-electron chi connectivity index (χ3n) is 8.30. The van der Waals surface area contributed by atoms with E-state index in [1.54, 1.807) is 41.6 Å². The smallest absolute Gasteiger partial charge is 0.369 e. The van der Waals surface area contributed by atoms with Crippen molar-refractivity contribution < 1.29 is 18.0 Å². The van der Waals surface area contributed by atoms with Crippen molar-refractivity contribution in [3.8, 4) is 6.07 Å². The summed E-state index contributed by atoms with van der Waals surface area (Å²) in [6.45, 7) is 1.03. The molecule has 37 heavy (non-hydrogen) atoms. The Balaban J connectivity index is 1.23. The SMILES string of the molecule is N#Cc1ccc(N2C[C@]3(C(=O)NC4CCN(c5ccccn5)CC4)C[C@]3(C(F)(F)F)C2)c2cccnc12. The van der Waals surface area contributed by atoms with Crippen molar-refractivity contribution in [3.63, 3.8) is 0 Å². The molecule has 3 aromatic rings. The van der Waals surface area contributed by atoms with Crippen LogP contribution in [0.4, 0.5) is 24.7 Å². The number of nitriles is 1. The van der Waals surface area contributed by atoms with Gasteiger partial charge in [-0.3, -0.25) is 9.78 Å². The first-order valence-corrected chi connectivity index (χ1v) is 12.3. The first-order valence-electron chi connectivity index (χ1n) is 12.3. The van der Waals surface area contributed by atoms with Gasteiger partial charge in [0.15, 0.2) is 0 Å². The number of benzene rings is 1. The van der Waals surface area contributed by atoms with Gasteiger partial charge in [0.05, 0.1) is 16.5 Å². The Bertz CT molecular complexity index is 1400. The molecule has 1 aliphatic carbocycles. The van der Waals surface area contributed by atoms with Gasteiger partial charge >= 0.3 is 6.18 Å². The first kappa shape index (κ1) is 23.5. The fourth-order valence-corrected chi connectivity index (χ4v) is 6.23. The van der Waals surface area contributed by atoms with Crippen LogP contribution in [-0.2, 0) is 4.79 Å². The highest BCUT2D eigenvalue weighted by Crippen LogP contribution is 2.75. The fourth-order valence-electron chi connectivity index (χ4n) is 6.23. The minimum atomic E-state index is -4.51. The molecule has 0 unspecified atom stereocenters. The number of nitrogens with one attached hydrogen (secondary N) is 1. The van der Waals surface area contributed by atoms with E-state index in [-0.39, 0.29) is 25.6 Å². The highest BCUT2D eigenvalue weighted by Gasteiger charge is 2.86. The van der Waals surface area contributed by atoms with Crippen molar-refractivity contribution in [2.45, 2.75) is 31.5 Å². The second kappa shape index (κ2) is 8.33. The predicted octanol–water partition coefficient (Wildman–Crippen LogP) is 4.05. The third kappa shape index (κ3) is 3.59. The number of piperidine rings is 2. The summed E-state index contributed by atoms with van der Waals surface area (Å²) in [5.74, 6) is 0.347. The van der Waals surface area contributed by atoms with Gasteiger partial charge in [-0.25, -0.2) is 4.98 Å². The number of rotatable bonds is 4. The lowest BCUT2D eigenvalue weighted by Gasteiger charge is -2.34. The zero-order valence-corrected chi connectivity index (χ0v) is 20.0. The Morgan fingerprint density at radius 2 is 1.81 bits per heavy atom. The number of carbonyl (C=O) groups excluding carboxylic acids is 1. The number of hydrogen-bond acceptors (Lipinski definition) is 6. The van der Waals surface area contributed by atoms with E-state index in [9.17, 15) is 23.2 Å². The molecule has 7 nitrogen and oxygen atoms in total. The van der Waals surface area contributed by atoms with Gasteiger partial charge in [0.2, 0.25) is 5.91 Å². The second-order valence-corrected chi connectivity index (χ2v) is 10.3. The molecule has 4 heterocycles. The molecular formula is C27H25F3N6O. The lowest BCUT2D eigenvalue weighted by molar-refractivity contribution is -0.191. The Kier molecular flexibility index (Phi) is 5.30. The lowest BCUT2D eigenvalue weighted by atomic mass is 9.93. The average Bonchev–Trinajstić information content (AvgIpc) is 3.46. The summed E-state index contributed by atoms with van der Waals surface area (Å²) >= 11 is 0. The molecule has 2 aromatic heterocycles. The van der Waals surface area contributed by atoms with E-state index in [0.29, 0.717) is 48.1 Å². The number of nitrogens with zero attached hydrogens (tertiary/aromatic N) is 5. The minimum absolute atomic E-state index is 0.0268. The molecule has 1 saturated carbocycles. The van der Waals surface area contributed by atoms with Crippen LogP contribution in [0.5, 0.6) is 0 Å². The van der Waals surface area contributed by atoms with Crippen molar-refractivity contribution in [2.75, 3.05) is 36.0 Å². The molecule has 3 fully saturated rings. The Morgan fingerprint density at radius 1 is 1.03 bits per heavy atom. The maximum absolute atomic E-state index is 14.5. The molecule has 0 spiro atoms.